The fraction of sp³-hybridized carbons (Fsp3) is 0.486. The maximum Gasteiger partial charge on any atom is 1.00 e. The van der Waals surface area contributed by atoms with E-state index in [0.29, 0.717) is 18.0 Å². The molecule has 3 aliphatic rings. The number of ether oxygens (including phenoxy) is 1. The van der Waals surface area contributed by atoms with Crippen molar-refractivity contribution in [1.29, 1.82) is 0 Å². The van der Waals surface area contributed by atoms with Gasteiger partial charge in [-0.1, -0.05) is 61.9 Å². The Labute approximate surface area is 316 Å². The smallest absolute Gasteiger partial charge is 0.387 e. The molecule has 2 aliphatic carbocycles. The minimum atomic E-state index is -1.23. The van der Waals surface area contributed by atoms with Crippen molar-refractivity contribution in [1.82, 2.24) is 24.6 Å². The topological polar surface area (TPSA) is 136 Å². The molecule has 3 heterocycles. The van der Waals surface area contributed by atoms with Crippen molar-refractivity contribution in [3.63, 3.8) is 0 Å². The van der Waals surface area contributed by atoms with E-state index in [1.165, 1.54) is 0 Å². The van der Waals surface area contributed by atoms with Crippen LogP contribution in [0.15, 0.2) is 64.6 Å². The van der Waals surface area contributed by atoms with Crippen molar-refractivity contribution < 1.29 is 71.2 Å². The number of aryl methyl sites for hydroxylation is 1. The molecule has 242 valence electrons. The normalized spacial score (nSPS) is 22.6. The van der Waals surface area contributed by atoms with Crippen molar-refractivity contribution in [2.24, 2.45) is 4.99 Å². The van der Waals surface area contributed by atoms with Gasteiger partial charge in [0.15, 0.2) is 5.84 Å². The third-order valence-corrected chi connectivity index (χ3v) is 10.0. The number of hydrogen-bond acceptors (Lipinski definition) is 9. The van der Waals surface area contributed by atoms with Crippen LogP contribution in [0.4, 0.5) is 0 Å². The number of hydrogen-bond donors (Lipinski definition) is 3. The maximum absolute atomic E-state index is 14.4. The van der Waals surface area contributed by atoms with Gasteiger partial charge in [-0.15, -0.1) is 0 Å². The molecule has 2 aromatic heterocycles. The van der Waals surface area contributed by atoms with E-state index in [-0.39, 0.29) is 75.2 Å². The molecule has 11 nitrogen and oxygen atoms in total. The van der Waals surface area contributed by atoms with E-state index in [4.69, 9.17) is 9.57 Å². The van der Waals surface area contributed by atoms with Gasteiger partial charge in [0.2, 0.25) is 5.78 Å². The molecule has 0 amide bonds. The van der Waals surface area contributed by atoms with Gasteiger partial charge in [0.1, 0.15) is 6.33 Å². The number of benzene rings is 2. The monoisotopic (exact) mass is 665 g/mol. The molecule has 0 bridgehead atoms. The fourth-order valence-corrected chi connectivity index (χ4v) is 7.22. The Morgan fingerprint density at radius 1 is 1.09 bits per heavy atom. The predicted octanol–water partition coefficient (Wildman–Crippen LogP) is 1.47. The summed E-state index contributed by atoms with van der Waals surface area (Å²) in [6.07, 6.45) is 8.25. The zero-order valence-corrected chi connectivity index (χ0v) is 30.6. The van der Waals surface area contributed by atoms with Gasteiger partial charge >= 0.3 is 51.4 Å². The van der Waals surface area contributed by atoms with Gasteiger partial charge in [0, 0.05) is 23.6 Å². The minimum absolute atomic E-state index is 0. The van der Waals surface area contributed by atoms with Crippen LogP contribution in [-0.2, 0) is 22.4 Å². The first kappa shape index (κ1) is 34.6. The number of aliphatic imine (C=N–C) groups is 1. The summed E-state index contributed by atoms with van der Waals surface area (Å²) >= 11 is 0. The van der Waals surface area contributed by atoms with E-state index in [9.17, 15) is 15.0 Å². The molecule has 2 aromatic carbocycles. The largest absolute Gasteiger partial charge is 1.00 e. The standard InChI is InChI=1S/C35H42N6O5.K/c1-3-7-30-29(20-23-10-12-24(13-11-23)27-8-4-5-9-28(27)31-38-34(43)46-39-31)32(42)40(33-36-21-37-41(30)33)25-14-16-26(17-15-25)45-22(2)35(44)18-6-19-35;/h4-5,8-13,21-22,25-26,34,43-44H,3,6-7,14-20H2,1-2H3,(H,38,39);/q;+1. The van der Waals surface area contributed by atoms with E-state index in [1.807, 2.05) is 40.3 Å². The van der Waals surface area contributed by atoms with E-state index >= 15 is 0 Å². The van der Waals surface area contributed by atoms with Crippen molar-refractivity contribution in [3.05, 3.63) is 87.6 Å². The molecule has 2 unspecified atom stereocenters. The number of amidine groups is 1. The maximum atomic E-state index is 14.4. The van der Waals surface area contributed by atoms with Crippen LogP contribution in [0.5, 0.6) is 0 Å². The number of fused-ring (bicyclic) bond motifs is 1. The third kappa shape index (κ3) is 6.95. The Morgan fingerprint density at radius 3 is 2.45 bits per heavy atom. The first-order chi connectivity index (χ1) is 22.3. The summed E-state index contributed by atoms with van der Waals surface area (Å²) in [5, 5.41) is 25.0. The molecule has 1 aliphatic heterocycles. The van der Waals surface area contributed by atoms with Crippen molar-refractivity contribution in [2.75, 3.05) is 0 Å². The second-order valence-electron chi connectivity index (χ2n) is 12.9. The minimum Gasteiger partial charge on any atom is -0.387 e. The summed E-state index contributed by atoms with van der Waals surface area (Å²) in [4.78, 5) is 28.1. The van der Waals surface area contributed by atoms with Gasteiger partial charge in [0.05, 0.1) is 23.5 Å². The first-order valence-corrected chi connectivity index (χ1v) is 16.5. The summed E-state index contributed by atoms with van der Waals surface area (Å²) in [5.41, 5.74) is 7.47. The van der Waals surface area contributed by atoms with Crippen LogP contribution in [0.3, 0.4) is 0 Å². The molecule has 12 heteroatoms. The van der Waals surface area contributed by atoms with Crippen LogP contribution in [0, 0.1) is 0 Å². The van der Waals surface area contributed by atoms with Crippen LogP contribution in [-0.4, -0.2) is 59.4 Å². The van der Waals surface area contributed by atoms with E-state index < -0.39 is 12.0 Å². The van der Waals surface area contributed by atoms with Gasteiger partial charge in [0.25, 0.3) is 12.0 Å². The Balaban J connectivity index is 0.00000386. The molecule has 2 atom stereocenters. The van der Waals surface area contributed by atoms with Crippen LogP contribution in [0.1, 0.15) is 93.6 Å². The van der Waals surface area contributed by atoms with Crippen LogP contribution in [0.2, 0.25) is 0 Å². The molecule has 0 radical (unpaired) electrons. The number of hydroxylamine groups is 1. The number of rotatable bonds is 10. The van der Waals surface area contributed by atoms with Gasteiger partial charge < -0.3 is 14.9 Å². The predicted molar refractivity (Wildman–Crippen MR) is 173 cm³/mol. The van der Waals surface area contributed by atoms with Gasteiger partial charge in [-0.25, -0.2) is 19.8 Å². The molecular weight excluding hydrogens is 624 g/mol. The first-order valence-electron chi connectivity index (χ1n) is 16.5. The number of nitrogens with one attached hydrogen (secondary N) is 1. The second kappa shape index (κ2) is 14.7. The molecule has 7 rings (SSSR count). The SMILES string of the molecule is CCCc1c(Cc2ccc(-c3ccccc3C3=NC(O)ON3)cc2)c(=O)n(C2CCC(OC(C)C3(O)CCC3)CC2)c2ncnn12.[K+]. The third-order valence-electron chi connectivity index (χ3n) is 10.0. The number of nitrogens with zero attached hydrogens (tertiary/aromatic N) is 5. The molecule has 4 aromatic rings. The quantitative estimate of drug-likeness (QED) is 0.217. The Hall–Kier alpha value is -2.26. The molecule has 2 saturated carbocycles. The van der Waals surface area contributed by atoms with Crippen LogP contribution in [0.25, 0.3) is 16.9 Å². The Morgan fingerprint density at radius 2 is 1.81 bits per heavy atom. The zero-order valence-electron chi connectivity index (χ0n) is 27.4. The molecule has 47 heavy (non-hydrogen) atoms. The molecule has 2 fully saturated rings. The van der Waals surface area contributed by atoms with Crippen molar-refractivity contribution in [2.45, 2.75) is 108 Å². The number of aliphatic hydroxyl groups excluding tert-OH is 1. The van der Waals surface area contributed by atoms with E-state index in [0.717, 1.165) is 91.3 Å². The summed E-state index contributed by atoms with van der Waals surface area (Å²) in [7, 11) is 0. The fourth-order valence-electron chi connectivity index (χ4n) is 7.22. The Kier molecular flexibility index (Phi) is 10.8. The molecular formula is C35H42KN6O5+. The number of aromatic nitrogens is 4. The van der Waals surface area contributed by atoms with Gasteiger partial charge in [-0.2, -0.15) is 10.1 Å². The average molecular weight is 666 g/mol. The molecule has 0 saturated heterocycles. The molecule has 3 N–H and O–H groups in total. The van der Waals surface area contributed by atoms with Crippen molar-refractivity contribution >= 4 is 11.6 Å². The number of aliphatic hydroxyl groups is 2. The van der Waals surface area contributed by atoms with Crippen LogP contribution < -0.4 is 62.4 Å². The van der Waals surface area contributed by atoms with Crippen LogP contribution >= 0.6 is 0 Å². The summed E-state index contributed by atoms with van der Waals surface area (Å²) in [6, 6.07) is 16.0. The van der Waals surface area contributed by atoms with E-state index in [2.05, 4.69) is 51.7 Å². The van der Waals surface area contributed by atoms with Gasteiger partial charge in [-0.05, 0) is 75.0 Å². The second-order valence-corrected chi connectivity index (χ2v) is 12.9. The summed E-state index contributed by atoms with van der Waals surface area (Å²) in [5.74, 6) is 1.08. The van der Waals surface area contributed by atoms with Crippen molar-refractivity contribution in [3.8, 4) is 11.1 Å². The zero-order chi connectivity index (χ0) is 31.8. The average Bonchev–Trinajstić information content (AvgIpc) is 3.72. The Bertz CT molecular complexity index is 1790. The van der Waals surface area contributed by atoms with Gasteiger partial charge in [-0.3, -0.25) is 9.36 Å². The summed E-state index contributed by atoms with van der Waals surface area (Å²) in [6.45, 7) is 4.10. The summed E-state index contributed by atoms with van der Waals surface area (Å²) < 4.78 is 10.1. The van der Waals surface area contributed by atoms with E-state index in [1.54, 1.807) is 6.33 Å². The molecule has 0 spiro atoms.